The Hall–Kier alpha value is -0.790. The molecule has 0 saturated carbocycles. The lowest BCUT2D eigenvalue weighted by molar-refractivity contribution is -0.704. The first-order valence-corrected chi connectivity index (χ1v) is 16.4. The molecule has 1 rings (SSSR count). The van der Waals surface area contributed by atoms with E-state index in [1.54, 1.807) is 5.82 Å². The lowest BCUT2D eigenvalue weighted by Gasteiger charge is -2.06. The Morgan fingerprint density at radius 2 is 0.886 bits per heavy atom. The Morgan fingerprint density at radius 3 is 1.34 bits per heavy atom. The number of hydrogen-bond acceptors (Lipinski definition) is 0. The van der Waals surface area contributed by atoms with E-state index in [1.165, 1.54) is 174 Å². The summed E-state index contributed by atoms with van der Waals surface area (Å²) in [5.74, 6) is 1.59. The van der Waals surface area contributed by atoms with Crippen molar-refractivity contribution in [1.82, 2.24) is 4.57 Å². The van der Waals surface area contributed by atoms with E-state index in [0.717, 1.165) is 0 Å². The van der Waals surface area contributed by atoms with Gasteiger partial charge in [0, 0.05) is 6.42 Å². The van der Waals surface area contributed by atoms with E-state index in [4.69, 9.17) is 0 Å². The zero-order valence-electron chi connectivity index (χ0n) is 24.6. The van der Waals surface area contributed by atoms with Crippen LogP contribution in [0.2, 0.25) is 0 Å². The summed E-state index contributed by atoms with van der Waals surface area (Å²) in [7, 11) is 0. The lowest BCUT2D eigenvalue weighted by Crippen LogP contribution is -2.37. The van der Waals surface area contributed by atoms with E-state index >= 15 is 0 Å². The quantitative estimate of drug-likeness (QED) is 0.0858. The molecule has 0 unspecified atom stereocenters. The monoisotopic (exact) mass is 490 g/mol. The summed E-state index contributed by atoms with van der Waals surface area (Å²) in [5, 5.41) is 0. The van der Waals surface area contributed by atoms with E-state index in [1.807, 2.05) is 0 Å². The lowest BCUT2D eigenvalue weighted by atomic mass is 10.1. The molecule has 1 aromatic heterocycles. The summed E-state index contributed by atoms with van der Waals surface area (Å²) < 4.78 is 5.17. The summed E-state index contributed by atoms with van der Waals surface area (Å²) in [6.45, 7) is 9.38. The molecule has 0 saturated heterocycles. The molecular weight excluding hydrogens is 424 g/mol. The van der Waals surface area contributed by atoms with Crippen LogP contribution in [0.5, 0.6) is 0 Å². The Kier molecular flexibility index (Phi) is 22.9. The van der Waals surface area contributed by atoms with Crippen LogP contribution in [0, 0.1) is 0 Å². The maximum atomic E-state index is 2.59. The van der Waals surface area contributed by atoms with Gasteiger partial charge in [0.05, 0.1) is 13.1 Å². The van der Waals surface area contributed by atoms with Crippen LogP contribution < -0.4 is 4.57 Å². The molecule has 0 aliphatic rings. The van der Waals surface area contributed by atoms with Crippen LogP contribution in [0.25, 0.3) is 0 Å². The van der Waals surface area contributed by atoms with Crippen molar-refractivity contribution in [3.63, 3.8) is 0 Å². The number of aromatic nitrogens is 2. The molecule has 0 aliphatic carbocycles. The van der Waals surface area contributed by atoms with Crippen molar-refractivity contribution in [3.05, 3.63) is 18.2 Å². The largest absolute Gasteiger partial charge is 0.256 e. The van der Waals surface area contributed by atoms with Gasteiger partial charge in [-0.05, 0) is 32.1 Å². The predicted molar refractivity (Wildman–Crippen MR) is 156 cm³/mol. The van der Waals surface area contributed by atoms with E-state index in [-0.39, 0.29) is 0 Å². The van der Waals surface area contributed by atoms with Gasteiger partial charge in [0.25, 0.3) is 5.82 Å². The SMILES string of the molecule is CCCCCCCCCCCCCn1cc[n+](CCCCCCCCCCCCC)c1CCCC. The van der Waals surface area contributed by atoms with E-state index in [9.17, 15) is 0 Å². The van der Waals surface area contributed by atoms with E-state index in [2.05, 4.69) is 42.3 Å². The molecule has 2 heteroatoms. The Balaban J connectivity index is 2.15. The normalized spacial score (nSPS) is 11.5. The minimum atomic E-state index is 1.22. The van der Waals surface area contributed by atoms with Crippen LogP contribution in [0.4, 0.5) is 0 Å². The second-order valence-electron chi connectivity index (χ2n) is 11.3. The van der Waals surface area contributed by atoms with Gasteiger partial charge in [0.2, 0.25) is 0 Å². The second-order valence-corrected chi connectivity index (χ2v) is 11.3. The van der Waals surface area contributed by atoms with Crippen LogP contribution in [-0.2, 0) is 19.5 Å². The summed E-state index contributed by atoms with van der Waals surface area (Å²) in [5.41, 5.74) is 0. The topological polar surface area (TPSA) is 8.81 Å². The fourth-order valence-electron chi connectivity index (χ4n) is 5.42. The van der Waals surface area contributed by atoms with Crippen molar-refractivity contribution in [2.45, 2.75) is 194 Å². The standard InChI is InChI=1S/C33H65N2/c1-4-7-10-12-14-16-18-20-22-24-26-29-34-31-32-35(33(34)28-9-6-3)30-27-25-23-21-19-17-15-13-11-8-5-2/h31-32H,4-30H2,1-3H3/q+1. The van der Waals surface area contributed by atoms with Crippen molar-refractivity contribution in [2.75, 3.05) is 0 Å². The molecule has 1 aromatic rings. The number of rotatable bonds is 27. The van der Waals surface area contributed by atoms with Crippen LogP contribution in [0.3, 0.4) is 0 Å². The third kappa shape index (κ3) is 18.2. The van der Waals surface area contributed by atoms with Gasteiger partial charge in [-0.25, -0.2) is 9.13 Å². The highest BCUT2D eigenvalue weighted by atomic mass is 15.1. The van der Waals surface area contributed by atoms with Crippen molar-refractivity contribution < 1.29 is 4.57 Å². The minimum absolute atomic E-state index is 1.22. The van der Waals surface area contributed by atoms with Gasteiger partial charge in [-0.2, -0.15) is 0 Å². The molecule has 206 valence electrons. The molecule has 35 heavy (non-hydrogen) atoms. The van der Waals surface area contributed by atoms with Crippen molar-refractivity contribution in [2.24, 2.45) is 0 Å². The van der Waals surface area contributed by atoms with Gasteiger partial charge in [0.1, 0.15) is 12.4 Å². The minimum Gasteiger partial charge on any atom is -0.234 e. The molecule has 0 aliphatic heterocycles. The Bertz CT molecular complexity index is 504. The Morgan fingerprint density at radius 1 is 0.486 bits per heavy atom. The smallest absolute Gasteiger partial charge is 0.234 e. The van der Waals surface area contributed by atoms with Crippen LogP contribution >= 0.6 is 0 Å². The van der Waals surface area contributed by atoms with E-state index in [0.29, 0.717) is 0 Å². The zero-order valence-corrected chi connectivity index (χ0v) is 24.6. The van der Waals surface area contributed by atoms with Gasteiger partial charge in [-0.15, -0.1) is 0 Å². The van der Waals surface area contributed by atoms with Gasteiger partial charge in [-0.3, -0.25) is 0 Å². The first kappa shape index (κ1) is 32.2. The summed E-state index contributed by atoms with van der Waals surface area (Å²) in [6.07, 6.45) is 40.0. The van der Waals surface area contributed by atoms with Gasteiger partial charge >= 0.3 is 0 Å². The molecule has 0 fully saturated rings. The summed E-state index contributed by atoms with van der Waals surface area (Å²) in [6, 6.07) is 0. The number of aryl methyl sites for hydroxylation is 2. The van der Waals surface area contributed by atoms with Crippen LogP contribution in [0.15, 0.2) is 12.4 Å². The highest BCUT2D eigenvalue weighted by molar-refractivity contribution is 4.84. The number of nitrogens with zero attached hydrogens (tertiary/aromatic N) is 2. The summed E-state index contributed by atoms with van der Waals surface area (Å²) >= 11 is 0. The molecule has 0 radical (unpaired) electrons. The fraction of sp³-hybridized carbons (Fsp3) is 0.909. The molecule has 0 N–H and O–H groups in total. The van der Waals surface area contributed by atoms with Crippen molar-refractivity contribution >= 4 is 0 Å². The average Bonchev–Trinajstić information content (AvgIpc) is 3.25. The maximum Gasteiger partial charge on any atom is 0.256 e. The highest BCUT2D eigenvalue weighted by Gasteiger charge is 2.16. The molecule has 0 spiro atoms. The first-order chi connectivity index (χ1) is 17.3. The summed E-state index contributed by atoms with van der Waals surface area (Å²) in [4.78, 5) is 0. The van der Waals surface area contributed by atoms with E-state index < -0.39 is 0 Å². The number of unbranched alkanes of at least 4 members (excludes halogenated alkanes) is 21. The highest BCUT2D eigenvalue weighted by Crippen LogP contribution is 2.14. The molecular formula is C33H65N2+. The zero-order chi connectivity index (χ0) is 25.2. The third-order valence-corrected chi connectivity index (χ3v) is 7.85. The third-order valence-electron chi connectivity index (χ3n) is 7.85. The predicted octanol–water partition coefficient (Wildman–Crippen LogP) is 10.7. The van der Waals surface area contributed by atoms with Gasteiger partial charge in [0.15, 0.2) is 0 Å². The first-order valence-electron chi connectivity index (χ1n) is 16.4. The van der Waals surface area contributed by atoms with Gasteiger partial charge < -0.3 is 0 Å². The molecule has 0 amide bonds. The molecule has 0 bridgehead atoms. The fourth-order valence-corrected chi connectivity index (χ4v) is 5.42. The molecule has 2 nitrogen and oxygen atoms in total. The van der Waals surface area contributed by atoms with Crippen molar-refractivity contribution in [3.8, 4) is 0 Å². The van der Waals surface area contributed by atoms with Crippen LogP contribution in [0.1, 0.15) is 181 Å². The van der Waals surface area contributed by atoms with Gasteiger partial charge in [-0.1, -0.05) is 143 Å². The Labute approximate surface area is 221 Å². The maximum absolute atomic E-state index is 2.59. The molecule has 0 atom stereocenters. The molecule has 0 aromatic carbocycles. The van der Waals surface area contributed by atoms with Crippen molar-refractivity contribution in [1.29, 1.82) is 0 Å². The average molecular weight is 490 g/mol. The molecule has 1 heterocycles. The number of imidazole rings is 1. The van der Waals surface area contributed by atoms with Crippen LogP contribution in [-0.4, -0.2) is 4.57 Å². The number of hydrogen-bond donors (Lipinski definition) is 0. The second kappa shape index (κ2) is 24.9.